The highest BCUT2D eigenvalue weighted by Crippen LogP contribution is 2.42. The molecule has 0 saturated heterocycles. The number of benzene rings is 2. The van der Waals surface area contributed by atoms with E-state index in [0.717, 1.165) is 40.4 Å². The van der Waals surface area contributed by atoms with E-state index in [1.54, 1.807) is 11.8 Å². The number of ketones is 1. The molecule has 0 saturated carbocycles. The van der Waals surface area contributed by atoms with Gasteiger partial charge in [-0.3, -0.25) is 4.79 Å². The van der Waals surface area contributed by atoms with E-state index in [1.807, 2.05) is 67.8 Å². The van der Waals surface area contributed by atoms with Crippen molar-refractivity contribution in [3.63, 3.8) is 0 Å². The standard InChI is InChI=1S/C26H27NO4S/c1-17-23(26(29)31-16-15-30-19-7-4-3-5-8-19)24(18-11-13-20(32-2)14-12-18)25-21(27-17)9-6-10-22(25)28/h3-5,7-8,11-14,24,27H,6,9-10,15-16H2,1-2H3/t24-/m0/s1. The number of esters is 1. The molecular weight excluding hydrogens is 422 g/mol. The third-order valence-corrected chi connectivity index (χ3v) is 6.52. The fourth-order valence-corrected chi connectivity index (χ4v) is 4.68. The van der Waals surface area contributed by atoms with Crippen molar-refractivity contribution in [3.8, 4) is 5.75 Å². The van der Waals surface area contributed by atoms with Gasteiger partial charge in [-0.05, 0) is 55.9 Å². The maximum atomic E-state index is 13.2. The number of hydrogen-bond acceptors (Lipinski definition) is 6. The summed E-state index contributed by atoms with van der Waals surface area (Å²) >= 11 is 1.66. The Morgan fingerprint density at radius 1 is 1.06 bits per heavy atom. The van der Waals surface area contributed by atoms with Crippen LogP contribution >= 0.6 is 11.8 Å². The lowest BCUT2D eigenvalue weighted by Crippen LogP contribution is -2.34. The molecular formula is C26H27NO4S. The zero-order chi connectivity index (χ0) is 22.5. The van der Waals surface area contributed by atoms with E-state index < -0.39 is 11.9 Å². The van der Waals surface area contributed by atoms with Crippen LogP contribution in [0.5, 0.6) is 5.75 Å². The minimum atomic E-state index is -0.421. The van der Waals surface area contributed by atoms with Crippen molar-refractivity contribution in [2.75, 3.05) is 19.5 Å². The molecule has 0 bridgehead atoms. The van der Waals surface area contributed by atoms with Gasteiger partial charge in [0.25, 0.3) is 0 Å². The molecule has 1 aliphatic carbocycles. The topological polar surface area (TPSA) is 64.6 Å². The van der Waals surface area contributed by atoms with Crippen LogP contribution in [0, 0.1) is 0 Å². The number of allylic oxidation sites excluding steroid dienone is 3. The molecule has 0 spiro atoms. The van der Waals surface area contributed by atoms with Gasteiger partial charge in [-0.15, -0.1) is 11.8 Å². The van der Waals surface area contributed by atoms with Crippen LogP contribution in [0.25, 0.3) is 0 Å². The predicted molar refractivity (Wildman–Crippen MR) is 126 cm³/mol. The Balaban J connectivity index is 1.56. The van der Waals surface area contributed by atoms with Gasteiger partial charge in [-0.2, -0.15) is 0 Å². The summed E-state index contributed by atoms with van der Waals surface area (Å²) in [6.45, 7) is 2.27. The van der Waals surface area contributed by atoms with Crippen LogP contribution in [0.3, 0.4) is 0 Å². The Morgan fingerprint density at radius 2 is 1.81 bits per heavy atom. The van der Waals surface area contributed by atoms with E-state index in [9.17, 15) is 9.59 Å². The normalized spacial score (nSPS) is 18.2. The highest BCUT2D eigenvalue weighted by molar-refractivity contribution is 7.98. The Hall–Kier alpha value is -2.99. The molecule has 1 heterocycles. The Labute approximate surface area is 192 Å². The molecule has 0 fully saturated rings. The Morgan fingerprint density at radius 3 is 2.53 bits per heavy atom. The van der Waals surface area contributed by atoms with Gasteiger partial charge in [0.2, 0.25) is 0 Å². The lowest BCUT2D eigenvalue weighted by molar-refractivity contribution is -0.140. The van der Waals surface area contributed by atoms with Gasteiger partial charge in [0.05, 0.1) is 5.57 Å². The number of nitrogens with one attached hydrogen (secondary N) is 1. The fraction of sp³-hybridized carbons (Fsp3) is 0.308. The summed E-state index contributed by atoms with van der Waals surface area (Å²) in [6, 6.07) is 17.5. The number of rotatable bonds is 7. The molecule has 1 aliphatic heterocycles. The lowest BCUT2D eigenvalue weighted by atomic mass is 9.75. The van der Waals surface area contributed by atoms with Crippen molar-refractivity contribution in [1.82, 2.24) is 5.32 Å². The number of dihydropyridines is 1. The molecule has 166 valence electrons. The van der Waals surface area contributed by atoms with Crippen LogP contribution in [-0.4, -0.2) is 31.2 Å². The number of thioether (sulfide) groups is 1. The smallest absolute Gasteiger partial charge is 0.336 e. The second kappa shape index (κ2) is 10.1. The highest BCUT2D eigenvalue weighted by Gasteiger charge is 2.39. The number of carbonyl (C=O) groups is 2. The summed E-state index contributed by atoms with van der Waals surface area (Å²) in [5.41, 5.74) is 3.80. The lowest BCUT2D eigenvalue weighted by Gasteiger charge is -2.34. The molecule has 1 N–H and O–H groups in total. The molecule has 0 radical (unpaired) electrons. The van der Waals surface area contributed by atoms with E-state index in [-0.39, 0.29) is 19.0 Å². The second-order valence-electron chi connectivity index (χ2n) is 7.84. The van der Waals surface area contributed by atoms with Crippen molar-refractivity contribution < 1.29 is 19.1 Å². The molecule has 0 aromatic heterocycles. The summed E-state index contributed by atoms with van der Waals surface area (Å²) < 4.78 is 11.2. The summed E-state index contributed by atoms with van der Waals surface area (Å²) in [7, 11) is 0. The highest BCUT2D eigenvalue weighted by atomic mass is 32.2. The monoisotopic (exact) mass is 449 g/mol. The van der Waals surface area contributed by atoms with Crippen LogP contribution < -0.4 is 10.1 Å². The molecule has 2 aromatic rings. The quantitative estimate of drug-likeness (QED) is 0.365. The van der Waals surface area contributed by atoms with Crippen LogP contribution in [0.2, 0.25) is 0 Å². The van der Waals surface area contributed by atoms with Crippen molar-refractivity contribution in [2.24, 2.45) is 0 Å². The summed E-state index contributed by atoms with van der Waals surface area (Å²) in [5, 5.41) is 3.32. The first-order valence-electron chi connectivity index (χ1n) is 10.8. The van der Waals surface area contributed by atoms with Crippen molar-refractivity contribution >= 4 is 23.5 Å². The number of hydrogen-bond donors (Lipinski definition) is 1. The molecule has 6 heteroatoms. The second-order valence-corrected chi connectivity index (χ2v) is 8.72. The van der Waals surface area contributed by atoms with E-state index in [4.69, 9.17) is 9.47 Å². The third kappa shape index (κ3) is 4.75. The first-order valence-corrected chi connectivity index (χ1v) is 12.0. The molecule has 2 aliphatic rings. The molecule has 2 aromatic carbocycles. The van der Waals surface area contributed by atoms with Gasteiger partial charge in [-0.25, -0.2) is 4.79 Å². The molecule has 5 nitrogen and oxygen atoms in total. The van der Waals surface area contributed by atoms with Crippen molar-refractivity contribution in [2.45, 2.75) is 37.0 Å². The van der Waals surface area contributed by atoms with E-state index in [1.165, 1.54) is 0 Å². The van der Waals surface area contributed by atoms with Crippen molar-refractivity contribution in [3.05, 3.63) is 82.7 Å². The number of para-hydroxylation sites is 1. The average Bonchev–Trinajstić information content (AvgIpc) is 2.82. The van der Waals surface area contributed by atoms with Crippen LogP contribution in [-0.2, 0) is 14.3 Å². The summed E-state index contributed by atoms with van der Waals surface area (Å²) in [6.07, 6.45) is 4.17. The van der Waals surface area contributed by atoms with Gasteiger partial charge >= 0.3 is 5.97 Å². The van der Waals surface area contributed by atoms with E-state index in [0.29, 0.717) is 17.6 Å². The Bertz CT molecular complexity index is 1060. The predicted octanol–water partition coefficient (Wildman–Crippen LogP) is 5.00. The van der Waals surface area contributed by atoms with Gasteiger partial charge in [0.15, 0.2) is 5.78 Å². The maximum Gasteiger partial charge on any atom is 0.336 e. The van der Waals surface area contributed by atoms with Crippen LogP contribution in [0.1, 0.15) is 37.7 Å². The minimum Gasteiger partial charge on any atom is -0.490 e. The van der Waals surface area contributed by atoms with Gasteiger partial charge in [0.1, 0.15) is 19.0 Å². The average molecular weight is 450 g/mol. The Kier molecular flexibility index (Phi) is 7.00. The molecule has 1 atom stereocenters. The maximum absolute atomic E-state index is 13.2. The molecule has 32 heavy (non-hydrogen) atoms. The number of ether oxygens (including phenoxy) is 2. The largest absolute Gasteiger partial charge is 0.490 e. The van der Waals surface area contributed by atoms with Gasteiger partial charge < -0.3 is 14.8 Å². The van der Waals surface area contributed by atoms with E-state index >= 15 is 0 Å². The molecule has 4 rings (SSSR count). The van der Waals surface area contributed by atoms with Gasteiger partial charge in [-0.1, -0.05) is 30.3 Å². The third-order valence-electron chi connectivity index (χ3n) is 5.77. The van der Waals surface area contributed by atoms with Crippen molar-refractivity contribution in [1.29, 1.82) is 0 Å². The summed E-state index contributed by atoms with van der Waals surface area (Å²) in [5.74, 6) is -0.0106. The number of carbonyl (C=O) groups excluding carboxylic acids is 2. The zero-order valence-corrected chi connectivity index (χ0v) is 19.2. The minimum absolute atomic E-state index is 0.0999. The fourth-order valence-electron chi connectivity index (χ4n) is 4.27. The molecule has 0 amide bonds. The van der Waals surface area contributed by atoms with Crippen LogP contribution in [0.4, 0.5) is 0 Å². The zero-order valence-electron chi connectivity index (χ0n) is 18.4. The van der Waals surface area contributed by atoms with Gasteiger partial charge in [0, 0.05) is 34.2 Å². The van der Waals surface area contributed by atoms with Crippen LogP contribution in [0.15, 0.2) is 82.0 Å². The number of Topliss-reactive ketones (excluding diaryl/α,β-unsaturated/α-hetero) is 1. The van der Waals surface area contributed by atoms with E-state index in [2.05, 4.69) is 5.32 Å². The first-order chi connectivity index (χ1) is 15.6. The molecule has 0 unspecified atom stereocenters. The summed E-state index contributed by atoms with van der Waals surface area (Å²) in [4.78, 5) is 27.3. The SMILES string of the molecule is CSc1ccc([C@H]2C(C(=O)OCCOc3ccccc3)=C(C)NC3=C2C(=O)CCC3)cc1. The first kappa shape index (κ1) is 22.2.